The topological polar surface area (TPSA) is 57.0 Å². The average molecular weight is 341 g/mol. The number of likely N-dealkylation sites (N-methyl/N-ethyl adjacent to an activating group) is 1. The molecule has 1 aliphatic heterocycles. The third-order valence-electron chi connectivity index (χ3n) is 4.44. The van der Waals surface area contributed by atoms with Crippen LogP contribution in [0.1, 0.15) is 16.1 Å². The molecule has 0 radical (unpaired) electrons. The summed E-state index contributed by atoms with van der Waals surface area (Å²) in [6.07, 6.45) is 1.61. The SMILES string of the molecule is CN(Cc1ccco1)C(=O)CN1CCN(C(=O)c2ccccc2)CC1. The normalized spacial score (nSPS) is 15.2. The van der Waals surface area contributed by atoms with Gasteiger partial charge in [0.25, 0.3) is 5.91 Å². The summed E-state index contributed by atoms with van der Waals surface area (Å²) in [5.41, 5.74) is 0.713. The van der Waals surface area contributed by atoms with Crippen LogP contribution in [0.25, 0.3) is 0 Å². The lowest BCUT2D eigenvalue weighted by Gasteiger charge is -2.35. The molecule has 1 fully saturated rings. The van der Waals surface area contributed by atoms with E-state index < -0.39 is 0 Å². The first-order chi connectivity index (χ1) is 12.1. The first-order valence-corrected chi connectivity index (χ1v) is 8.46. The maximum atomic E-state index is 12.4. The molecule has 2 amide bonds. The summed E-state index contributed by atoms with van der Waals surface area (Å²) in [5, 5.41) is 0. The zero-order valence-electron chi connectivity index (χ0n) is 14.4. The fraction of sp³-hybridized carbons (Fsp3) is 0.368. The molecule has 0 spiro atoms. The van der Waals surface area contributed by atoms with Gasteiger partial charge in [-0.25, -0.2) is 0 Å². The lowest BCUT2D eigenvalue weighted by Crippen LogP contribution is -2.51. The molecule has 2 aromatic rings. The molecule has 0 N–H and O–H groups in total. The lowest BCUT2D eigenvalue weighted by atomic mass is 10.2. The van der Waals surface area contributed by atoms with Gasteiger partial charge in [-0.1, -0.05) is 18.2 Å². The monoisotopic (exact) mass is 341 g/mol. The van der Waals surface area contributed by atoms with Gasteiger partial charge in [0.2, 0.25) is 5.91 Å². The van der Waals surface area contributed by atoms with Gasteiger partial charge in [-0.05, 0) is 24.3 Å². The number of rotatable bonds is 5. The second-order valence-electron chi connectivity index (χ2n) is 6.26. The Balaban J connectivity index is 1.46. The van der Waals surface area contributed by atoms with Crippen LogP contribution >= 0.6 is 0 Å². The predicted octanol–water partition coefficient (Wildman–Crippen LogP) is 1.70. The summed E-state index contributed by atoms with van der Waals surface area (Å²) in [6, 6.07) is 13.0. The zero-order chi connectivity index (χ0) is 17.6. The number of hydrogen-bond donors (Lipinski definition) is 0. The van der Waals surface area contributed by atoms with Crippen LogP contribution in [-0.4, -0.2) is 66.3 Å². The number of carbonyl (C=O) groups is 2. The van der Waals surface area contributed by atoms with Crippen LogP contribution in [0.15, 0.2) is 53.1 Å². The minimum atomic E-state index is 0.0548. The van der Waals surface area contributed by atoms with Gasteiger partial charge in [0.15, 0.2) is 0 Å². The molecule has 0 bridgehead atoms. The van der Waals surface area contributed by atoms with Crippen LogP contribution in [0, 0.1) is 0 Å². The first-order valence-electron chi connectivity index (χ1n) is 8.46. The van der Waals surface area contributed by atoms with Gasteiger partial charge in [-0.2, -0.15) is 0 Å². The molecule has 3 rings (SSSR count). The second-order valence-corrected chi connectivity index (χ2v) is 6.26. The van der Waals surface area contributed by atoms with E-state index in [0.717, 1.165) is 5.76 Å². The number of benzene rings is 1. The van der Waals surface area contributed by atoms with Crippen LogP contribution in [0.2, 0.25) is 0 Å². The summed E-state index contributed by atoms with van der Waals surface area (Å²) < 4.78 is 5.28. The molecule has 0 atom stereocenters. The Morgan fingerprint density at radius 3 is 2.40 bits per heavy atom. The number of nitrogens with zero attached hydrogens (tertiary/aromatic N) is 3. The molecule has 0 aliphatic carbocycles. The van der Waals surface area contributed by atoms with E-state index in [1.807, 2.05) is 47.4 Å². The predicted molar refractivity (Wildman–Crippen MR) is 94.0 cm³/mol. The van der Waals surface area contributed by atoms with Crippen LogP contribution in [0.5, 0.6) is 0 Å². The van der Waals surface area contributed by atoms with E-state index in [4.69, 9.17) is 4.42 Å². The van der Waals surface area contributed by atoms with E-state index in [-0.39, 0.29) is 11.8 Å². The largest absolute Gasteiger partial charge is 0.467 e. The Kier molecular flexibility index (Phi) is 5.50. The van der Waals surface area contributed by atoms with Crippen molar-refractivity contribution >= 4 is 11.8 Å². The van der Waals surface area contributed by atoms with Crippen LogP contribution < -0.4 is 0 Å². The van der Waals surface area contributed by atoms with Crippen molar-refractivity contribution in [2.75, 3.05) is 39.8 Å². The van der Waals surface area contributed by atoms with Crippen molar-refractivity contribution in [3.63, 3.8) is 0 Å². The molecule has 2 heterocycles. The summed E-state index contributed by atoms with van der Waals surface area (Å²) >= 11 is 0. The molecular formula is C19H23N3O3. The van der Waals surface area contributed by atoms with Gasteiger partial charge in [-0.3, -0.25) is 14.5 Å². The van der Waals surface area contributed by atoms with Crippen LogP contribution in [0.3, 0.4) is 0 Å². The minimum absolute atomic E-state index is 0.0548. The second kappa shape index (κ2) is 7.98. The summed E-state index contributed by atoms with van der Waals surface area (Å²) in [7, 11) is 1.78. The third-order valence-corrected chi connectivity index (χ3v) is 4.44. The van der Waals surface area contributed by atoms with E-state index in [1.54, 1.807) is 18.2 Å². The summed E-state index contributed by atoms with van der Waals surface area (Å²) in [5.74, 6) is 0.884. The standard InChI is InChI=1S/C19H23N3O3/c1-20(14-17-8-5-13-25-17)18(23)15-21-9-11-22(12-10-21)19(24)16-6-3-2-4-7-16/h2-8,13H,9-12,14-15H2,1H3. The lowest BCUT2D eigenvalue weighted by molar-refractivity contribution is -0.132. The number of furan rings is 1. The van der Waals surface area contributed by atoms with Crippen molar-refractivity contribution in [3.8, 4) is 0 Å². The Morgan fingerprint density at radius 2 is 1.76 bits per heavy atom. The molecule has 1 aromatic heterocycles. The zero-order valence-corrected chi connectivity index (χ0v) is 14.4. The molecule has 6 heteroatoms. The molecule has 0 unspecified atom stereocenters. The molecule has 25 heavy (non-hydrogen) atoms. The van der Waals surface area contributed by atoms with E-state index in [0.29, 0.717) is 44.8 Å². The fourth-order valence-corrected chi connectivity index (χ4v) is 2.91. The average Bonchev–Trinajstić information content (AvgIpc) is 3.15. The van der Waals surface area contributed by atoms with E-state index in [2.05, 4.69) is 4.90 Å². The quantitative estimate of drug-likeness (QED) is 0.831. The highest BCUT2D eigenvalue weighted by atomic mass is 16.3. The highest BCUT2D eigenvalue weighted by Crippen LogP contribution is 2.10. The van der Waals surface area contributed by atoms with Gasteiger partial charge in [0, 0.05) is 38.8 Å². The van der Waals surface area contributed by atoms with Crippen molar-refractivity contribution < 1.29 is 14.0 Å². The van der Waals surface area contributed by atoms with Crippen molar-refractivity contribution in [2.45, 2.75) is 6.54 Å². The van der Waals surface area contributed by atoms with Gasteiger partial charge in [-0.15, -0.1) is 0 Å². The smallest absolute Gasteiger partial charge is 0.253 e. The van der Waals surface area contributed by atoms with E-state index in [1.165, 1.54) is 0 Å². The van der Waals surface area contributed by atoms with Crippen molar-refractivity contribution in [3.05, 3.63) is 60.1 Å². The maximum Gasteiger partial charge on any atom is 0.253 e. The Hall–Kier alpha value is -2.60. The molecule has 0 saturated carbocycles. The summed E-state index contributed by atoms with van der Waals surface area (Å²) in [4.78, 5) is 30.4. The molecule has 1 aromatic carbocycles. The van der Waals surface area contributed by atoms with E-state index in [9.17, 15) is 9.59 Å². The number of carbonyl (C=O) groups excluding carboxylic acids is 2. The van der Waals surface area contributed by atoms with Gasteiger partial charge < -0.3 is 14.2 Å². The number of hydrogen-bond acceptors (Lipinski definition) is 4. The number of piperazine rings is 1. The fourth-order valence-electron chi connectivity index (χ4n) is 2.91. The molecule has 1 aliphatic rings. The van der Waals surface area contributed by atoms with Gasteiger partial charge in [0.1, 0.15) is 5.76 Å². The molecule has 1 saturated heterocycles. The molecular weight excluding hydrogens is 318 g/mol. The van der Waals surface area contributed by atoms with Crippen LogP contribution in [0.4, 0.5) is 0 Å². The third kappa shape index (κ3) is 4.48. The van der Waals surface area contributed by atoms with Gasteiger partial charge >= 0.3 is 0 Å². The Morgan fingerprint density at radius 1 is 1.04 bits per heavy atom. The minimum Gasteiger partial charge on any atom is -0.467 e. The highest BCUT2D eigenvalue weighted by Gasteiger charge is 2.24. The number of amides is 2. The summed E-state index contributed by atoms with van der Waals surface area (Å²) in [6.45, 7) is 3.53. The first kappa shape index (κ1) is 17.2. The van der Waals surface area contributed by atoms with Gasteiger partial charge in [0.05, 0.1) is 19.4 Å². The Labute approximate surface area is 147 Å². The Bertz CT molecular complexity index is 692. The highest BCUT2D eigenvalue weighted by molar-refractivity contribution is 5.94. The molecule has 132 valence electrons. The van der Waals surface area contributed by atoms with Crippen LogP contribution in [-0.2, 0) is 11.3 Å². The van der Waals surface area contributed by atoms with Crippen molar-refractivity contribution in [1.82, 2.24) is 14.7 Å². The van der Waals surface area contributed by atoms with Crippen molar-refractivity contribution in [2.24, 2.45) is 0 Å². The van der Waals surface area contributed by atoms with Crippen molar-refractivity contribution in [1.29, 1.82) is 0 Å². The molecule has 6 nitrogen and oxygen atoms in total. The van der Waals surface area contributed by atoms with E-state index >= 15 is 0 Å². The maximum absolute atomic E-state index is 12.4.